The lowest BCUT2D eigenvalue weighted by Gasteiger charge is -2.30. The minimum atomic E-state index is -0.576. The lowest BCUT2D eigenvalue weighted by molar-refractivity contribution is -0.144. The maximum absolute atomic E-state index is 12.7. The molecule has 5 nitrogen and oxygen atoms in total. The van der Waals surface area contributed by atoms with Crippen LogP contribution in [0.25, 0.3) is 0 Å². The molecule has 3 amide bonds. The first-order valence-corrected chi connectivity index (χ1v) is 8.77. The molecule has 0 radical (unpaired) electrons. The number of nitrogens with one attached hydrogen (secondary N) is 1. The van der Waals surface area contributed by atoms with E-state index >= 15 is 0 Å². The molecule has 7 heteroatoms. The third-order valence-corrected chi connectivity index (χ3v) is 5.35. The predicted octanol–water partition coefficient (Wildman–Crippen LogP) is 3.64. The summed E-state index contributed by atoms with van der Waals surface area (Å²) < 4.78 is 0. The van der Waals surface area contributed by atoms with Crippen LogP contribution in [0.3, 0.4) is 0 Å². The van der Waals surface area contributed by atoms with Gasteiger partial charge in [-0.3, -0.25) is 19.3 Å². The zero-order valence-corrected chi connectivity index (χ0v) is 14.6. The van der Waals surface area contributed by atoms with Gasteiger partial charge in [-0.15, -0.1) is 0 Å². The summed E-state index contributed by atoms with van der Waals surface area (Å²) in [7, 11) is 0. The second-order valence-electron chi connectivity index (χ2n) is 6.48. The Labute approximate surface area is 150 Å². The van der Waals surface area contributed by atoms with E-state index in [4.69, 9.17) is 23.2 Å². The number of rotatable bonds is 3. The van der Waals surface area contributed by atoms with Crippen molar-refractivity contribution >= 4 is 46.6 Å². The minimum absolute atomic E-state index is 0.204. The molecule has 2 fully saturated rings. The van der Waals surface area contributed by atoms with E-state index in [1.165, 1.54) is 6.07 Å². The highest BCUT2D eigenvalue weighted by Gasteiger charge is 2.51. The smallest absolute Gasteiger partial charge is 0.244 e. The first kappa shape index (κ1) is 17.2. The third kappa shape index (κ3) is 3.28. The van der Waals surface area contributed by atoms with Crippen LogP contribution in [0.2, 0.25) is 10.0 Å². The number of carbonyl (C=O) groups is 3. The fourth-order valence-electron chi connectivity index (χ4n) is 3.56. The molecule has 1 aliphatic carbocycles. The molecule has 128 valence electrons. The molecule has 24 heavy (non-hydrogen) atoms. The Morgan fingerprint density at radius 1 is 1.17 bits per heavy atom. The van der Waals surface area contributed by atoms with Crippen LogP contribution in [0, 0.1) is 5.41 Å². The molecule has 1 saturated carbocycles. The zero-order chi connectivity index (χ0) is 17.3. The van der Waals surface area contributed by atoms with Gasteiger partial charge in [0, 0.05) is 11.4 Å². The van der Waals surface area contributed by atoms with Crippen molar-refractivity contribution in [3.8, 4) is 0 Å². The fourth-order valence-corrected chi connectivity index (χ4v) is 4.02. The maximum atomic E-state index is 12.7. The number of imide groups is 1. The summed E-state index contributed by atoms with van der Waals surface area (Å²) in [6.45, 7) is -0.279. The minimum Gasteiger partial charge on any atom is -0.323 e. The second-order valence-corrected chi connectivity index (χ2v) is 7.32. The Morgan fingerprint density at radius 3 is 2.54 bits per heavy atom. The van der Waals surface area contributed by atoms with E-state index in [2.05, 4.69) is 5.32 Å². The number of benzene rings is 1. The maximum Gasteiger partial charge on any atom is 0.244 e. The van der Waals surface area contributed by atoms with Gasteiger partial charge in [-0.2, -0.15) is 0 Å². The summed E-state index contributed by atoms with van der Waals surface area (Å²) >= 11 is 11.8. The average Bonchev–Trinajstić information content (AvgIpc) is 2.75. The van der Waals surface area contributed by atoms with Gasteiger partial charge in [0.05, 0.1) is 16.1 Å². The zero-order valence-electron chi connectivity index (χ0n) is 13.1. The normalized spacial score (nSPS) is 19.8. The van der Waals surface area contributed by atoms with Crippen LogP contribution in [-0.2, 0) is 14.4 Å². The number of hydrogen-bond donors (Lipinski definition) is 1. The van der Waals surface area contributed by atoms with Crippen molar-refractivity contribution in [2.45, 2.75) is 38.5 Å². The van der Waals surface area contributed by atoms with Gasteiger partial charge in [0.1, 0.15) is 6.54 Å². The molecule has 2 aliphatic rings. The van der Waals surface area contributed by atoms with Crippen LogP contribution in [-0.4, -0.2) is 29.2 Å². The van der Waals surface area contributed by atoms with Crippen LogP contribution in [0.1, 0.15) is 38.5 Å². The number of hydrogen-bond acceptors (Lipinski definition) is 3. The van der Waals surface area contributed by atoms with Crippen molar-refractivity contribution in [3.05, 3.63) is 28.2 Å². The summed E-state index contributed by atoms with van der Waals surface area (Å²) in [5, 5.41) is 3.39. The highest BCUT2D eigenvalue weighted by atomic mass is 35.5. The average molecular weight is 369 g/mol. The molecule has 1 saturated heterocycles. The SMILES string of the molecule is O=C(CN1C(=O)CC2(CCCCC2)C1=O)Nc1ccc(Cl)cc1Cl. The highest BCUT2D eigenvalue weighted by molar-refractivity contribution is 6.36. The number of anilines is 1. The van der Waals surface area contributed by atoms with Gasteiger partial charge in [-0.25, -0.2) is 0 Å². The second kappa shape index (κ2) is 6.73. The van der Waals surface area contributed by atoms with E-state index in [0.717, 1.165) is 37.0 Å². The third-order valence-electron chi connectivity index (χ3n) is 4.81. The number of amides is 3. The monoisotopic (exact) mass is 368 g/mol. The number of carbonyl (C=O) groups excluding carboxylic acids is 3. The lowest BCUT2D eigenvalue weighted by Crippen LogP contribution is -2.41. The molecule has 1 spiro atoms. The number of nitrogens with zero attached hydrogens (tertiary/aromatic N) is 1. The van der Waals surface area contributed by atoms with Crippen LogP contribution in [0.15, 0.2) is 18.2 Å². The fraction of sp³-hybridized carbons (Fsp3) is 0.471. The van der Waals surface area contributed by atoms with Crippen molar-refractivity contribution in [3.63, 3.8) is 0 Å². The molecule has 1 aromatic carbocycles. The largest absolute Gasteiger partial charge is 0.323 e. The summed E-state index contributed by atoms with van der Waals surface area (Å²) in [5.74, 6) is -0.919. The number of halogens is 2. The quantitative estimate of drug-likeness (QED) is 0.828. The van der Waals surface area contributed by atoms with Crippen molar-refractivity contribution < 1.29 is 14.4 Å². The molecule has 1 heterocycles. The Balaban J connectivity index is 1.68. The first-order chi connectivity index (χ1) is 11.4. The van der Waals surface area contributed by atoms with Gasteiger partial charge in [-0.05, 0) is 31.0 Å². The van der Waals surface area contributed by atoms with Gasteiger partial charge >= 0.3 is 0 Å². The van der Waals surface area contributed by atoms with Crippen molar-refractivity contribution in [2.24, 2.45) is 5.41 Å². The molecule has 0 aromatic heterocycles. The topological polar surface area (TPSA) is 66.5 Å². The van der Waals surface area contributed by atoms with Gasteiger partial charge < -0.3 is 5.32 Å². The Bertz CT molecular complexity index is 699. The Hall–Kier alpha value is -1.59. The van der Waals surface area contributed by atoms with Crippen LogP contribution < -0.4 is 5.32 Å². The van der Waals surface area contributed by atoms with Crippen molar-refractivity contribution in [1.29, 1.82) is 0 Å². The number of likely N-dealkylation sites (tertiary alicyclic amines) is 1. The van der Waals surface area contributed by atoms with Gasteiger partial charge in [-0.1, -0.05) is 42.5 Å². The summed E-state index contributed by atoms with van der Waals surface area (Å²) in [4.78, 5) is 38.2. The molecule has 1 aliphatic heterocycles. The van der Waals surface area contributed by atoms with E-state index in [0.29, 0.717) is 15.7 Å². The van der Waals surface area contributed by atoms with E-state index in [1.807, 2.05) is 0 Å². The molecular formula is C17H18Cl2N2O3. The van der Waals surface area contributed by atoms with E-state index in [-0.39, 0.29) is 24.8 Å². The first-order valence-electron chi connectivity index (χ1n) is 8.01. The molecule has 3 rings (SSSR count). The summed E-state index contributed by atoms with van der Waals surface area (Å²) in [6.07, 6.45) is 4.70. The Kier molecular flexibility index (Phi) is 4.83. The molecule has 1 aromatic rings. The van der Waals surface area contributed by atoms with Crippen LogP contribution >= 0.6 is 23.2 Å². The van der Waals surface area contributed by atoms with E-state index in [1.54, 1.807) is 12.1 Å². The molecule has 0 bridgehead atoms. The van der Waals surface area contributed by atoms with Crippen molar-refractivity contribution in [1.82, 2.24) is 4.90 Å². The lowest BCUT2D eigenvalue weighted by atomic mass is 9.73. The molecule has 0 unspecified atom stereocenters. The van der Waals surface area contributed by atoms with E-state index in [9.17, 15) is 14.4 Å². The van der Waals surface area contributed by atoms with Crippen LogP contribution in [0.4, 0.5) is 5.69 Å². The van der Waals surface area contributed by atoms with E-state index < -0.39 is 11.3 Å². The summed E-state index contributed by atoms with van der Waals surface area (Å²) in [6, 6.07) is 4.70. The van der Waals surface area contributed by atoms with Gasteiger partial charge in [0.2, 0.25) is 17.7 Å². The molecule has 0 atom stereocenters. The molecule has 1 N–H and O–H groups in total. The Morgan fingerprint density at radius 2 is 1.88 bits per heavy atom. The van der Waals surface area contributed by atoms with Gasteiger partial charge in [0.25, 0.3) is 0 Å². The standard InChI is InChI=1S/C17H18Cl2N2O3/c18-11-4-5-13(12(19)8-11)20-14(22)10-21-15(23)9-17(16(21)24)6-2-1-3-7-17/h4-5,8H,1-3,6-7,9-10H2,(H,20,22). The molecular weight excluding hydrogens is 351 g/mol. The van der Waals surface area contributed by atoms with Gasteiger partial charge in [0.15, 0.2) is 0 Å². The predicted molar refractivity (Wildman–Crippen MR) is 91.9 cm³/mol. The van der Waals surface area contributed by atoms with Crippen LogP contribution in [0.5, 0.6) is 0 Å². The highest BCUT2D eigenvalue weighted by Crippen LogP contribution is 2.45. The summed E-state index contributed by atoms with van der Waals surface area (Å²) in [5.41, 5.74) is -0.175. The van der Waals surface area contributed by atoms with Crippen molar-refractivity contribution in [2.75, 3.05) is 11.9 Å².